The predicted molar refractivity (Wildman–Crippen MR) is 81.9 cm³/mol. The lowest BCUT2D eigenvalue weighted by atomic mass is 10.0. The van der Waals surface area contributed by atoms with Crippen molar-refractivity contribution < 1.29 is 4.52 Å². The van der Waals surface area contributed by atoms with Crippen molar-refractivity contribution in [1.29, 1.82) is 0 Å². The summed E-state index contributed by atoms with van der Waals surface area (Å²) in [5, 5.41) is 7.58. The zero-order valence-electron chi connectivity index (χ0n) is 12.9. The molecule has 0 amide bonds. The zero-order valence-corrected chi connectivity index (χ0v) is 12.9. The van der Waals surface area contributed by atoms with E-state index in [1.165, 1.54) is 5.56 Å². The molecule has 0 saturated carbocycles. The lowest BCUT2D eigenvalue weighted by molar-refractivity contribution is 0.0925. The molecule has 5 heteroatoms. The molecule has 1 N–H and O–H groups in total. The van der Waals surface area contributed by atoms with Gasteiger partial charge in [-0.2, -0.15) is 4.98 Å². The average molecular weight is 286 g/mol. The molecule has 3 rings (SSSR count). The molecule has 1 aliphatic heterocycles. The topological polar surface area (TPSA) is 54.2 Å². The van der Waals surface area contributed by atoms with E-state index in [1.54, 1.807) is 0 Å². The summed E-state index contributed by atoms with van der Waals surface area (Å²) in [4.78, 5) is 7.01. The first-order chi connectivity index (χ1) is 10.1. The minimum absolute atomic E-state index is 0.214. The van der Waals surface area contributed by atoms with Crippen LogP contribution in [0.3, 0.4) is 0 Å². The number of hydrogen-bond donors (Lipinski definition) is 1. The van der Waals surface area contributed by atoms with Gasteiger partial charge in [-0.3, -0.25) is 4.90 Å². The van der Waals surface area contributed by atoms with Gasteiger partial charge in [0.15, 0.2) is 5.82 Å². The van der Waals surface area contributed by atoms with E-state index in [0.717, 1.165) is 37.6 Å². The third kappa shape index (κ3) is 2.84. The van der Waals surface area contributed by atoms with Crippen LogP contribution in [0, 0.1) is 6.92 Å². The molecule has 5 nitrogen and oxygen atoms in total. The fourth-order valence-electron chi connectivity index (χ4n) is 2.65. The molecule has 2 heterocycles. The summed E-state index contributed by atoms with van der Waals surface area (Å²) in [6.07, 6.45) is 0. The Bertz CT molecular complexity index is 597. The summed E-state index contributed by atoms with van der Waals surface area (Å²) < 4.78 is 5.46. The van der Waals surface area contributed by atoms with Gasteiger partial charge in [-0.1, -0.05) is 22.9 Å². The first-order valence-electron chi connectivity index (χ1n) is 7.44. The number of aromatic nitrogens is 2. The van der Waals surface area contributed by atoms with Gasteiger partial charge in [0.1, 0.15) is 0 Å². The maximum absolute atomic E-state index is 5.46. The van der Waals surface area contributed by atoms with Gasteiger partial charge < -0.3 is 9.84 Å². The fourth-order valence-corrected chi connectivity index (χ4v) is 2.65. The van der Waals surface area contributed by atoms with Crippen molar-refractivity contribution in [2.45, 2.75) is 26.3 Å². The highest BCUT2D eigenvalue weighted by molar-refractivity contribution is 5.53. The van der Waals surface area contributed by atoms with E-state index in [2.05, 4.69) is 53.3 Å². The van der Waals surface area contributed by atoms with Crippen molar-refractivity contribution >= 4 is 0 Å². The summed E-state index contributed by atoms with van der Waals surface area (Å²) in [7, 11) is 0. The second-order valence-electron chi connectivity index (χ2n) is 6.09. The van der Waals surface area contributed by atoms with Crippen molar-refractivity contribution in [1.82, 2.24) is 20.4 Å². The third-order valence-electron chi connectivity index (χ3n) is 4.18. The largest absolute Gasteiger partial charge is 0.334 e. The number of rotatable bonds is 3. The van der Waals surface area contributed by atoms with Crippen LogP contribution in [0.2, 0.25) is 0 Å². The van der Waals surface area contributed by atoms with E-state index >= 15 is 0 Å². The van der Waals surface area contributed by atoms with Gasteiger partial charge in [0.05, 0.1) is 5.54 Å². The smallest absolute Gasteiger partial charge is 0.257 e. The molecule has 1 saturated heterocycles. The molecular formula is C16H22N4O. The molecule has 1 aromatic heterocycles. The Labute approximate surface area is 125 Å². The van der Waals surface area contributed by atoms with Gasteiger partial charge in [-0.25, -0.2) is 0 Å². The lowest BCUT2D eigenvalue weighted by Gasteiger charge is -2.38. The molecule has 1 aromatic carbocycles. The van der Waals surface area contributed by atoms with E-state index in [-0.39, 0.29) is 5.54 Å². The highest BCUT2D eigenvalue weighted by Crippen LogP contribution is 2.28. The van der Waals surface area contributed by atoms with Gasteiger partial charge in [-0.15, -0.1) is 0 Å². The van der Waals surface area contributed by atoms with Crippen LogP contribution in [-0.4, -0.2) is 41.2 Å². The molecule has 0 bridgehead atoms. The van der Waals surface area contributed by atoms with Gasteiger partial charge in [0, 0.05) is 31.7 Å². The van der Waals surface area contributed by atoms with E-state index in [4.69, 9.17) is 4.52 Å². The number of nitrogens with one attached hydrogen (secondary N) is 1. The van der Waals surface area contributed by atoms with E-state index in [0.29, 0.717) is 5.89 Å². The monoisotopic (exact) mass is 286 g/mol. The molecule has 1 fully saturated rings. The van der Waals surface area contributed by atoms with Crippen molar-refractivity contribution in [2.75, 3.05) is 26.2 Å². The summed E-state index contributed by atoms with van der Waals surface area (Å²) >= 11 is 0. The molecule has 21 heavy (non-hydrogen) atoms. The average Bonchev–Trinajstić information content (AvgIpc) is 2.99. The van der Waals surface area contributed by atoms with Crippen LogP contribution in [0.4, 0.5) is 0 Å². The maximum atomic E-state index is 5.46. The lowest BCUT2D eigenvalue weighted by Crippen LogP contribution is -2.52. The Morgan fingerprint density at radius 3 is 2.48 bits per heavy atom. The molecule has 112 valence electrons. The Balaban J connectivity index is 1.84. The molecule has 2 aromatic rings. The number of benzene rings is 1. The van der Waals surface area contributed by atoms with Crippen LogP contribution in [-0.2, 0) is 5.54 Å². The molecule has 0 unspecified atom stereocenters. The van der Waals surface area contributed by atoms with Crippen molar-refractivity contribution in [3.8, 4) is 11.5 Å². The van der Waals surface area contributed by atoms with Gasteiger partial charge >= 0.3 is 0 Å². The summed E-state index contributed by atoms with van der Waals surface area (Å²) in [5.41, 5.74) is 1.98. The minimum Gasteiger partial charge on any atom is -0.334 e. The molecule has 0 atom stereocenters. The highest BCUT2D eigenvalue weighted by atomic mass is 16.5. The van der Waals surface area contributed by atoms with Crippen molar-refractivity contribution in [3.63, 3.8) is 0 Å². The van der Waals surface area contributed by atoms with Crippen LogP contribution in [0.5, 0.6) is 0 Å². The van der Waals surface area contributed by atoms with Crippen LogP contribution in [0.25, 0.3) is 11.5 Å². The quantitative estimate of drug-likeness (QED) is 0.937. The fraction of sp³-hybridized carbons (Fsp3) is 0.500. The number of nitrogens with zero attached hydrogens (tertiary/aromatic N) is 3. The predicted octanol–water partition coefficient (Wildman–Crippen LogP) is 2.19. The normalized spacial score (nSPS) is 17.1. The SMILES string of the molecule is Cc1ccc(-c2nc(C(C)(C)N3CCNCC3)no2)cc1. The maximum Gasteiger partial charge on any atom is 0.257 e. The van der Waals surface area contributed by atoms with Gasteiger partial charge in [-0.05, 0) is 32.9 Å². The van der Waals surface area contributed by atoms with E-state index in [1.807, 2.05) is 12.1 Å². The number of aryl methyl sites for hydroxylation is 1. The molecule has 0 aliphatic carbocycles. The Morgan fingerprint density at radius 2 is 1.81 bits per heavy atom. The molecule has 1 aliphatic rings. The summed E-state index contributed by atoms with van der Waals surface area (Å²) in [5.74, 6) is 1.34. The molecule has 0 spiro atoms. The van der Waals surface area contributed by atoms with Crippen molar-refractivity contribution in [3.05, 3.63) is 35.7 Å². The molecule has 0 radical (unpaired) electrons. The van der Waals surface area contributed by atoms with Crippen LogP contribution >= 0.6 is 0 Å². The summed E-state index contributed by atoms with van der Waals surface area (Å²) in [6, 6.07) is 8.15. The minimum atomic E-state index is -0.214. The van der Waals surface area contributed by atoms with E-state index < -0.39 is 0 Å². The van der Waals surface area contributed by atoms with E-state index in [9.17, 15) is 0 Å². The van der Waals surface area contributed by atoms with Crippen LogP contribution in [0.15, 0.2) is 28.8 Å². The number of piperazine rings is 1. The Kier molecular flexibility index (Phi) is 3.78. The van der Waals surface area contributed by atoms with Gasteiger partial charge in [0.25, 0.3) is 5.89 Å². The third-order valence-corrected chi connectivity index (χ3v) is 4.18. The second kappa shape index (κ2) is 5.58. The standard InChI is InChI=1S/C16H22N4O/c1-12-4-6-13(7-5-12)14-18-15(19-21-14)16(2,3)20-10-8-17-9-11-20/h4-7,17H,8-11H2,1-3H3. The first-order valence-corrected chi connectivity index (χ1v) is 7.44. The Hall–Kier alpha value is -1.72. The van der Waals surface area contributed by atoms with Crippen LogP contribution < -0.4 is 5.32 Å². The molecular weight excluding hydrogens is 264 g/mol. The second-order valence-corrected chi connectivity index (χ2v) is 6.09. The van der Waals surface area contributed by atoms with Crippen molar-refractivity contribution in [2.24, 2.45) is 0 Å². The van der Waals surface area contributed by atoms with Gasteiger partial charge in [0.2, 0.25) is 0 Å². The highest BCUT2D eigenvalue weighted by Gasteiger charge is 2.34. The first kappa shape index (κ1) is 14.2. The zero-order chi connectivity index (χ0) is 14.9. The Morgan fingerprint density at radius 1 is 1.14 bits per heavy atom. The number of hydrogen-bond acceptors (Lipinski definition) is 5. The summed E-state index contributed by atoms with van der Waals surface area (Å²) in [6.45, 7) is 10.4. The van der Waals surface area contributed by atoms with Crippen LogP contribution in [0.1, 0.15) is 25.2 Å².